The van der Waals surface area contributed by atoms with Crippen LogP contribution in [-0.2, 0) is 6.42 Å². The Balaban J connectivity index is 1.63. The third-order valence-corrected chi connectivity index (χ3v) is 5.45. The molecule has 4 heteroatoms. The van der Waals surface area contributed by atoms with E-state index in [1.165, 1.54) is 0 Å². The predicted octanol–water partition coefficient (Wildman–Crippen LogP) is 6.36. The molecule has 1 unspecified atom stereocenters. The van der Waals surface area contributed by atoms with Crippen LogP contribution in [0.4, 0.5) is 10.1 Å². The van der Waals surface area contributed by atoms with Gasteiger partial charge in [-0.15, -0.1) is 0 Å². The van der Waals surface area contributed by atoms with Crippen molar-refractivity contribution in [2.45, 2.75) is 26.4 Å². The van der Waals surface area contributed by atoms with Gasteiger partial charge in [-0.2, -0.15) is 0 Å². The van der Waals surface area contributed by atoms with Gasteiger partial charge < -0.3 is 5.32 Å². The summed E-state index contributed by atoms with van der Waals surface area (Å²) in [7, 11) is 0. The maximum Gasteiger partial charge on any atom is 0.256 e. The Labute approximate surface area is 175 Å². The minimum atomic E-state index is -1.28. The minimum Gasteiger partial charge on any atom is -0.320 e. The minimum absolute atomic E-state index is 0.235. The second-order valence-electron chi connectivity index (χ2n) is 7.46. The second-order valence-corrected chi connectivity index (χ2v) is 7.46. The van der Waals surface area contributed by atoms with Gasteiger partial charge in [-0.05, 0) is 54.3 Å². The summed E-state index contributed by atoms with van der Waals surface area (Å²) in [6.45, 7) is 3.97. The molecule has 0 aliphatic rings. The van der Waals surface area contributed by atoms with Gasteiger partial charge in [0.1, 0.15) is 6.17 Å². The number of rotatable bonds is 5. The van der Waals surface area contributed by atoms with Crippen LogP contribution in [0, 0.1) is 13.8 Å². The van der Waals surface area contributed by atoms with Gasteiger partial charge in [-0.3, -0.25) is 9.78 Å². The van der Waals surface area contributed by atoms with E-state index >= 15 is 4.39 Å². The summed E-state index contributed by atoms with van der Waals surface area (Å²) < 4.78 is 15.4. The number of amides is 1. The number of hydrogen-bond acceptors (Lipinski definition) is 2. The second kappa shape index (κ2) is 8.46. The van der Waals surface area contributed by atoms with E-state index in [9.17, 15) is 4.79 Å². The van der Waals surface area contributed by atoms with E-state index in [2.05, 4.69) is 10.3 Å². The number of para-hydroxylation sites is 1. The van der Waals surface area contributed by atoms with Crippen LogP contribution < -0.4 is 5.32 Å². The van der Waals surface area contributed by atoms with Gasteiger partial charge >= 0.3 is 0 Å². The highest BCUT2D eigenvalue weighted by molar-refractivity contribution is 6.09. The topological polar surface area (TPSA) is 42.0 Å². The molecule has 150 valence electrons. The lowest BCUT2D eigenvalue weighted by molar-refractivity contribution is 0.102. The Morgan fingerprint density at radius 2 is 1.63 bits per heavy atom. The molecule has 1 atom stereocenters. The van der Waals surface area contributed by atoms with E-state index in [4.69, 9.17) is 0 Å². The van der Waals surface area contributed by atoms with Gasteiger partial charge in [0, 0.05) is 23.6 Å². The Bertz CT molecular complexity index is 1190. The van der Waals surface area contributed by atoms with Crippen LogP contribution >= 0.6 is 0 Å². The molecular formula is C26H23FN2O. The van der Waals surface area contributed by atoms with Crippen LogP contribution in [0.1, 0.15) is 38.8 Å². The number of halogens is 1. The van der Waals surface area contributed by atoms with Crippen LogP contribution in [0.2, 0.25) is 0 Å². The summed E-state index contributed by atoms with van der Waals surface area (Å²) in [6.07, 6.45) is 0.643. The SMILES string of the molecule is Cc1cccc(C)c1CC(F)c1ccccc1C(=O)Nc1cccc2cccnc12. The number of aromatic nitrogens is 1. The number of nitrogens with one attached hydrogen (secondary N) is 1. The molecule has 1 N–H and O–H groups in total. The van der Waals surface area contributed by atoms with Gasteiger partial charge in [0.25, 0.3) is 5.91 Å². The zero-order valence-electron chi connectivity index (χ0n) is 17.0. The number of alkyl halides is 1. The summed E-state index contributed by atoms with van der Waals surface area (Å²) in [4.78, 5) is 17.4. The third-order valence-electron chi connectivity index (χ3n) is 5.45. The van der Waals surface area contributed by atoms with Gasteiger partial charge in [0.15, 0.2) is 0 Å². The summed E-state index contributed by atoms with van der Waals surface area (Å²) >= 11 is 0. The zero-order chi connectivity index (χ0) is 21.1. The quantitative estimate of drug-likeness (QED) is 0.425. The number of hydrogen-bond donors (Lipinski definition) is 1. The first-order chi connectivity index (χ1) is 14.5. The van der Waals surface area contributed by atoms with Crippen molar-refractivity contribution in [1.82, 2.24) is 4.98 Å². The van der Waals surface area contributed by atoms with Crippen LogP contribution in [-0.4, -0.2) is 10.9 Å². The van der Waals surface area contributed by atoms with Crippen LogP contribution in [0.3, 0.4) is 0 Å². The number of carbonyl (C=O) groups excluding carboxylic acids is 1. The fourth-order valence-electron chi connectivity index (χ4n) is 3.83. The van der Waals surface area contributed by atoms with E-state index in [-0.39, 0.29) is 12.3 Å². The fourth-order valence-corrected chi connectivity index (χ4v) is 3.83. The van der Waals surface area contributed by atoms with E-state index in [0.717, 1.165) is 22.1 Å². The normalized spacial score (nSPS) is 12.0. The molecule has 0 saturated heterocycles. The molecule has 0 saturated carbocycles. The molecule has 0 aliphatic carbocycles. The summed E-state index contributed by atoms with van der Waals surface area (Å²) in [6, 6.07) is 22.2. The van der Waals surface area contributed by atoms with Gasteiger partial charge in [0.05, 0.1) is 11.2 Å². The van der Waals surface area contributed by atoms with Crippen molar-refractivity contribution < 1.29 is 9.18 Å². The third kappa shape index (κ3) is 3.94. The Morgan fingerprint density at radius 1 is 0.933 bits per heavy atom. The highest BCUT2D eigenvalue weighted by atomic mass is 19.1. The van der Waals surface area contributed by atoms with Crippen molar-refractivity contribution in [3.63, 3.8) is 0 Å². The number of fused-ring (bicyclic) bond motifs is 1. The first kappa shape index (κ1) is 19.8. The monoisotopic (exact) mass is 398 g/mol. The molecule has 1 amide bonds. The Hall–Kier alpha value is -3.53. The average molecular weight is 398 g/mol. The number of aryl methyl sites for hydroxylation is 2. The molecule has 4 aromatic rings. The van der Waals surface area contributed by atoms with Crippen molar-refractivity contribution in [3.8, 4) is 0 Å². The molecule has 30 heavy (non-hydrogen) atoms. The molecule has 3 aromatic carbocycles. The van der Waals surface area contributed by atoms with Crippen molar-refractivity contribution in [3.05, 3.63) is 107 Å². The molecular weight excluding hydrogens is 375 g/mol. The average Bonchev–Trinajstić information content (AvgIpc) is 2.76. The summed E-state index contributed by atoms with van der Waals surface area (Å²) in [5.41, 5.74) is 5.15. The Kier molecular flexibility index (Phi) is 5.57. The first-order valence-electron chi connectivity index (χ1n) is 9.98. The number of anilines is 1. The molecule has 0 spiro atoms. The van der Waals surface area contributed by atoms with Crippen LogP contribution in [0.15, 0.2) is 79.0 Å². The van der Waals surface area contributed by atoms with Crippen molar-refractivity contribution in [2.24, 2.45) is 0 Å². The summed E-state index contributed by atoms with van der Waals surface area (Å²) in [5, 5.41) is 3.85. The number of benzene rings is 3. The van der Waals surface area contributed by atoms with Gasteiger partial charge in [-0.25, -0.2) is 4.39 Å². The maximum absolute atomic E-state index is 15.4. The molecule has 0 fully saturated rings. The number of pyridine rings is 1. The lowest BCUT2D eigenvalue weighted by atomic mass is 9.93. The standard InChI is InChI=1S/C26H23FN2O/c1-17-8-5-9-18(2)22(17)16-23(27)20-12-3-4-13-21(20)26(30)29-24-14-6-10-19-11-7-15-28-25(19)24/h3-15,23H,16H2,1-2H3,(H,29,30). The first-order valence-corrected chi connectivity index (χ1v) is 9.98. The van der Waals surface area contributed by atoms with Crippen LogP contribution in [0.25, 0.3) is 10.9 Å². The van der Waals surface area contributed by atoms with Gasteiger partial charge in [-0.1, -0.05) is 54.6 Å². The lowest BCUT2D eigenvalue weighted by Crippen LogP contribution is -2.16. The van der Waals surface area contributed by atoms with Crippen molar-refractivity contribution >= 4 is 22.5 Å². The molecule has 1 heterocycles. The molecule has 3 nitrogen and oxygen atoms in total. The number of carbonyl (C=O) groups is 1. The molecule has 0 bridgehead atoms. The lowest BCUT2D eigenvalue weighted by Gasteiger charge is -2.17. The fraction of sp³-hybridized carbons (Fsp3) is 0.154. The maximum atomic E-state index is 15.4. The van der Waals surface area contributed by atoms with E-state index in [0.29, 0.717) is 22.3 Å². The Morgan fingerprint density at radius 3 is 2.43 bits per heavy atom. The predicted molar refractivity (Wildman–Crippen MR) is 120 cm³/mol. The molecule has 4 rings (SSSR count). The summed E-state index contributed by atoms with van der Waals surface area (Å²) in [5.74, 6) is -0.340. The molecule has 0 aliphatic heterocycles. The molecule has 1 aromatic heterocycles. The van der Waals surface area contributed by atoms with Crippen molar-refractivity contribution in [2.75, 3.05) is 5.32 Å². The van der Waals surface area contributed by atoms with E-state index < -0.39 is 6.17 Å². The van der Waals surface area contributed by atoms with E-state index in [1.807, 2.05) is 56.3 Å². The molecule has 0 radical (unpaired) electrons. The van der Waals surface area contributed by atoms with Gasteiger partial charge in [0.2, 0.25) is 0 Å². The highest BCUT2D eigenvalue weighted by Crippen LogP contribution is 2.29. The smallest absolute Gasteiger partial charge is 0.256 e. The highest BCUT2D eigenvalue weighted by Gasteiger charge is 2.21. The number of nitrogens with zero attached hydrogens (tertiary/aromatic N) is 1. The van der Waals surface area contributed by atoms with Crippen molar-refractivity contribution in [1.29, 1.82) is 0 Å². The largest absolute Gasteiger partial charge is 0.320 e. The van der Waals surface area contributed by atoms with Crippen LogP contribution in [0.5, 0.6) is 0 Å². The zero-order valence-corrected chi connectivity index (χ0v) is 17.0. The van der Waals surface area contributed by atoms with E-state index in [1.54, 1.807) is 36.5 Å².